The second kappa shape index (κ2) is 7.34. The smallest absolute Gasteiger partial charge is 0.239 e. The van der Waals surface area contributed by atoms with Crippen LogP contribution in [0.1, 0.15) is 11.1 Å². The van der Waals surface area contributed by atoms with Crippen molar-refractivity contribution in [3.05, 3.63) is 63.6 Å². The molecule has 0 unspecified atom stereocenters. The molecule has 0 aliphatic carbocycles. The second-order valence-corrected chi connectivity index (χ2v) is 5.51. The van der Waals surface area contributed by atoms with Crippen molar-refractivity contribution < 1.29 is 4.79 Å². The van der Waals surface area contributed by atoms with Gasteiger partial charge < -0.3 is 10.6 Å². The van der Waals surface area contributed by atoms with Gasteiger partial charge in [-0.25, -0.2) is 0 Å². The summed E-state index contributed by atoms with van der Waals surface area (Å²) in [7, 11) is 0. The van der Waals surface area contributed by atoms with E-state index < -0.39 is 0 Å². The van der Waals surface area contributed by atoms with E-state index in [0.717, 1.165) is 16.8 Å². The van der Waals surface area contributed by atoms with Crippen molar-refractivity contribution in [1.82, 2.24) is 5.32 Å². The van der Waals surface area contributed by atoms with E-state index in [1.165, 1.54) is 0 Å². The first-order valence-corrected chi connectivity index (χ1v) is 7.32. The molecule has 0 aliphatic heterocycles. The number of nitrogens with one attached hydrogen (secondary N) is 2. The van der Waals surface area contributed by atoms with Crippen molar-refractivity contribution in [3.8, 4) is 0 Å². The van der Waals surface area contributed by atoms with Crippen LogP contribution in [-0.2, 0) is 11.3 Å². The minimum atomic E-state index is -0.0793. The molecule has 0 aromatic heterocycles. The Morgan fingerprint density at radius 1 is 1.10 bits per heavy atom. The molecular formula is C16H16Cl2N2O. The van der Waals surface area contributed by atoms with Crippen LogP contribution in [0.3, 0.4) is 0 Å². The van der Waals surface area contributed by atoms with E-state index in [9.17, 15) is 4.79 Å². The van der Waals surface area contributed by atoms with Crippen LogP contribution in [0.2, 0.25) is 10.0 Å². The molecule has 21 heavy (non-hydrogen) atoms. The molecule has 0 radical (unpaired) electrons. The van der Waals surface area contributed by atoms with Gasteiger partial charge in [0.15, 0.2) is 0 Å². The maximum atomic E-state index is 11.8. The minimum absolute atomic E-state index is 0.0793. The van der Waals surface area contributed by atoms with Crippen LogP contribution >= 0.6 is 23.2 Å². The van der Waals surface area contributed by atoms with Crippen molar-refractivity contribution in [2.24, 2.45) is 0 Å². The van der Waals surface area contributed by atoms with Gasteiger partial charge in [-0.15, -0.1) is 0 Å². The van der Waals surface area contributed by atoms with E-state index in [1.807, 2.05) is 37.3 Å². The number of carbonyl (C=O) groups excluding carboxylic acids is 1. The highest BCUT2D eigenvalue weighted by molar-refractivity contribution is 6.31. The largest absolute Gasteiger partial charge is 0.376 e. The highest BCUT2D eigenvalue weighted by Crippen LogP contribution is 2.22. The van der Waals surface area contributed by atoms with Crippen LogP contribution < -0.4 is 10.6 Å². The number of rotatable bonds is 5. The number of hydrogen-bond acceptors (Lipinski definition) is 2. The molecule has 0 fully saturated rings. The van der Waals surface area contributed by atoms with Crippen LogP contribution in [-0.4, -0.2) is 12.5 Å². The topological polar surface area (TPSA) is 41.1 Å². The predicted octanol–water partition coefficient (Wildman–Crippen LogP) is 4.03. The average molecular weight is 323 g/mol. The van der Waals surface area contributed by atoms with Crippen molar-refractivity contribution in [2.45, 2.75) is 13.5 Å². The molecule has 0 saturated carbocycles. The van der Waals surface area contributed by atoms with Crippen molar-refractivity contribution >= 4 is 34.8 Å². The summed E-state index contributed by atoms with van der Waals surface area (Å²) in [6.45, 7) is 2.59. The summed E-state index contributed by atoms with van der Waals surface area (Å²) in [5.41, 5.74) is 2.81. The van der Waals surface area contributed by atoms with Crippen molar-refractivity contribution in [1.29, 1.82) is 0 Å². The first-order chi connectivity index (χ1) is 10.1. The van der Waals surface area contributed by atoms with E-state index >= 15 is 0 Å². The lowest BCUT2D eigenvalue weighted by Gasteiger charge is -2.11. The molecule has 2 aromatic carbocycles. The lowest BCUT2D eigenvalue weighted by molar-refractivity contribution is -0.119. The lowest BCUT2D eigenvalue weighted by Crippen LogP contribution is -2.29. The molecule has 2 rings (SSSR count). The van der Waals surface area contributed by atoms with Crippen LogP contribution in [0.25, 0.3) is 0 Å². The molecule has 0 saturated heterocycles. The second-order valence-electron chi connectivity index (χ2n) is 4.67. The van der Waals surface area contributed by atoms with E-state index in [1.54, 1.807) is 12.1 Å². The number of amides is 1. The summed E-state index contributed by atoms with van der Waals surface area (Å²) in [6, 6.07) is 12.9. The Kier molecular flexibility index (Phi) is 5.48. The van der Waals surface area contributed by atoms with Crippen LogP contribution in [0.4, 0.5) is 5.69 Å². The summed E-state index contributed by atoms with van der Waals surface area (Å²) in [5.74, 6) is -0.0793. The highest BCUT2D eigenvalue weighted by Gasteiger charge is 2.05. The van der Waals surface area contributed by atoms with Gasteiger partial charge in [0.2, 0.25) is 5.91 Å². The molecule has 0 bridgehead atoms. The highest BCUT2D eigenvalue weighted by atomic mass is 35.5. The van der Waals surface area contributed by atoms with E-state index in [2.05, 4.69) is 10.6 Å². The van der Waals surface area contributed by atoms with Gasteiger partial charge >= 0.3 is 0 Å². The van der Waals surface area contributed by atoms with E-state index in [0.29, 0.717) is 16.6 Å². The fourth-order valence-electron chi connectivity index (χ4n) is 1.84. The zero-order valence-corrected chi connectivity index (χ0v) is 13.1. The Morgan fingerprint density at radius 3 is 2.52 bits per heavy atom. The molecule has 0 spiro atoms. The third-order valence-electron chi connectivity index (χ3n) is 3.11. The summed E-state index contributed by atoms with van der Waals surface area (Å²) in [4.78, 5) is 11.8. The zero-order chi connectivity index (χ0) is 15.2. The van der Waals surface area contributed by atoms with Crippen molar-refractivity contribution in [3.63, 3.8) is 0 Å². The molecular weight excluding hydrogens is 307 g/mol. The molecule has 2 N–H and O–H groups in total. The molecule has 1 amide bonds. The Hall–Kier alpha value is -1.71. The van der Waals surface area contributed by atoms with E-state index in [4.69, 9.17) is 23.2 Å². The number of hydrogen-bond donors (Lipinski definition) is 2. The molecule has 2 aromatic rings. The fraction of sp³-hybridized carbons (Fsp3) is 0.188. The van der Waals surface area contributed by atoms with Gasteiger partial charge in [-0.1, -0.05) is 41.4 Å². The Labute approximate surface area is 134 Å². The summed E-state index contributed by atoms with van der Waals surface area (Å²) in [5, 5.41) is 7.29. The van der Waals surface area contributed by atoms with Gasteiger partial charge in [0.05, 0.1) is 6.54 Å². The zero-order valence-electron chi connectivity index (χ0n) is 11.6. The molecule has 110 valence electrons. The Bertz CT molecular complexity index is 627. The normalized spacial score (nSPS) is 10.2. The third-order valence-corrected chi connectivity index (χ3v) is 3.77. The monoisotopic (exact) mass is 322 g/mol. The van der Waals surface area contributed by atoms with Gasteiger partial charge in [-0.05, 0) is 42.3 Å². The summed E-state index contributed by atoms with van der Waals surface area (Å²) >= 11 is 11.8. The molecule has 0 atom stereocenters. The quantitative estimate of drug-likeness (QED) is 0.872. The van der Waals surface area contributed by atoms with Gasteiger partial charge in [0, 0.05) is 22.3 Å². The van der Waals surface area contributed by atoms with Gasteiger partial charge in [-0.3, -0.25) is 4.79 Å². The van der Waals surface area contributed by atoms with Crippen molar-refractivity contribution in [2.75, 3.05) is 11.9 Å². The third kappa shape index (κ3) is 4.66. The van der Waals surface area contributed by atoms with Gasteiger partial charge in [0.1, 0.15) is 0 Å². The molecule has 0 heterocycles. The number of anilines is 1. The average Bonchev–Trinajstić information content (AvgIpc) is 2.48. The lowest BCUT2D eigenvalue weighted by atomic mass is 10.2. The predicted molar refractivity (Wildman–Crippen MR) is 88.0 cm³/mol. The summed E-state index contributed by atoms with van der Waals surface area (Å²) in [6.07, 6.45) is 0. The maximum Gasteiger partial charge on any atom is 0.239 e. The minimum Gasteiger partial charge on any atom is -0.376 e. The first kappa shape index (κ1) is 15.7. The summed E-state index contributed by atoms with van der Waals surface area (Å²) < 4.78 is 0. The first-order valence-electron chi connectivity index (χ1n) is 6.56. The molecule has 5 heteroatoms. The number of benzene rings is 2. The number of carbonyl (C=O) groups is 1. The van der Waals surface area contributed by atoms with Gasteiger partial charge in [0.25, 0.3) is 0 Å². The van der Waals surface area contributed by atoms with Crippen LogP contribution in [0, 0.1) is 6.92 Å². The molecule has 3 nitrogen and oxygen atoms in total. The maximum absolute atomic E-state index is 11.8. The van der Waals surface area contributed by atoms with Gasteiger partial charge in [-0.2, -0.15) is 0 Å². The SMILES string of the molecule is Cc1c(Cl)cccc1NCC(=O)NCc1ccc(Cl)cc1. The standard InChI is InChI=1S/C16H16Cl2N2O/c1-11-14(18)3-2-4-15(11)19-10-16(21)20-9-12-5-7-13(17)8-6-12/h2-8,19H,9-10H2,1H3,(H,20,21). The van der Waals surface area contributed by atoms with Crippen LogP contribution in [0.5, 0.6) is 0 Å². The van der Waals surface area contributed by atoms with Crippen LogP contribution in [0.15, 0.2) is 42.5 Å². The Balaban J connectivity index is 1.82. The number of halogens is 2. The Morgan fingerprint density at radius 2 is 1.81 bits per heavy atom. The fourth-order valence-corrected chi connectivity index (χ4v) is 2.14. The molecule has 0 aliphatic rings. The van der Waals surface area contributed by atoms with E-state index in [-0.39, 0.29) is 12.5 Å².